The van der Waals surface area contributed by atoms with Crippen molar-refractivity contribution in [3.05, 3.63) is 45.7 Å². The highest BCUT2D eigenvalue weighted by Crippen LogP contribution is 2.15. The third-order valence-electron chi connectivity index (χ3n) is 2.26. The van der Waals surface area contributed by atoms with Gasteiger partial charge < -0.3 is 11.1 Å². The number of amides is 1. The lowest BCUT2D eigenvalue weighted by atomic mass is 10.2. The van der Waals surface area contributed by atoms with Gasteiger partial charge in [-0.05, 0) is 30.7 Å². The Labute approximate surface area is 108 Å². The number of halogens is 1. The van der Waals surface area contributed by atoms with Crippen LogP contribution in [-0.2, 0) is 6.54 Å². The van der Waals surface area contributed by atoms with Crippen LogP contribution < -0.4 is 11.1 Å². The minimum absolute atomic E-state index is 0.294. The standard InChI is InChI=1S/C12H12FN3OS/c1-7-2-8(13)4-9(3-7)15-12(17)10-6-18-11(5-14)16-10/h2-4,6H,5,14H2,1H3,(H,15,17). The predicted molar refractivity (Wildman–Crippen MR) is 69.1 cm³/mol. The van der Waals surface area contributed by atoms with E-state index in [4.69, 9.17) is 5.73 Å². The lowest BCUT2D eigenvalue weighted by molar-refractivity contribution is 0.102. The zero-order chi connectivity index (χ0) is 13.1. The fraction of sp³-hybridized carbons (Fsp3) is 0.167. The Morgan fingerprint density at radius 3 is 2.89 bits per heavy atom. The smallest absolute Gasteiger partial charge is 0.275 e. The third kappa shape index (κ3) is 2.91. The van der Waals surface area contributed by atoms with Gasteiger partial charge in [0.25, 0.3) is 5.91 Å². The number of nitrogens with one attached hydrogen (secondary N) is 1. The molecule has 0 atom stereocenters. The molecule has 0 aliphatic rings. The maximum Gasteiger partial charge on any atom is 0.275 e. The van der Waals surface area contributed by atoms with Crippen molar-refractivity contribution in [1.82, 2.24) is 4.98 Å². The molecule has 0 spiro atoms. The van der Waals surface area contributed by atoms with Crippen LogP contribution in [0.3, 0.4) is 0 Å². The summed E-state index contributed by atoms with van der Waals surface area (Å²) >= 11 is 1.32. The van der Waals surface area contributed by atoms with E-state index in [1.807, 2.05) is 0 Å². The zero-order valence-corrected chi connectivity index (χ0v) is 10.6. The molecule has 0 unspecified atom stereocenters. The first-order chi connectivity index (χ1) is 8.58. The Kier molecular flexibility index (Phi) is 3.69. The lowest BCUT2D eigenvalue weighted by Gasteiger charge is -2.04. The molecule has 0 aliphatic carbocycles. The zero-order valence-electron chi connectivity index (χ0n) is 9.74. The van der Waals surface area contributed by atoms with Gasteiger partial charge in [0.15, 0.2) is 0 Å². The molecule has 1 aromatic carbocycles. The second kappa shape index (κ2) is 5.24. The summed E-state index contributed by atoms with van der Waals surface area (Å²) in [7, 11) is 0. The molecule has 94 valence electrons. The van der Waals surface area contributed by atoms with Crippen molar-refractivity contribution in [3.8, 4) is 0 Å². The number of anilines is 1. The van der Waals surface area contributed by atoms with Crippen LogP contribution in [-0.4, -0.2) is 10.9 Å². The van der Waals surface area contributed by atoms with E-state index in [9.17, 15) is 9.18 Å². The molecule has 0 saturated heterocycles. The van der Waals surface area contributed by atoms with E-state index in [1.54, 1.807) is 18.4 Å². The number of carbonyl (C=O) groups excluding carboxylic acids is 1. The van der Waals surface area contributed by atoms with Gasteiger partial charge in [-0.15, -0.1) is 11.3 Å². The molecule has 4 nitrogen and oxygen atoms in total. The summed E-state index contributed by atoms with van der Waals surface area (Å²) < 4.78 is 13.2. The molecule has 1 aromatic heterocycles. The van der Waals surface area contributed by atoms with Crippen molar-refractivity contribution < 1.29 is 9.18 Å². The van der Waals surface area contributed by atoms with Gasteiger partial charge in [-0.1, -0.05) is 0 Å². The van der Waals surface area contributed by atoms with Gasteiger partial charge in [-0.3, -0.25) is 4.79 Å². The number of nitrogens with zero attached hydrogens (tertiary/aromatic N) is 1. The number of benzene rings is 1. The van der Waals surface area contributed by atoms with Gasteiger partial charge in [0.1, 0.15) is 16.5 Å². The fourth-order valence-electron chi connectivity index (χ4n) is 1.51. The van der Waals surface area contributed by atoms with Crippen molar-refractivity contribution in [2.45, 2.75) is 13.5 Å². The van der Waals surface area contributed by atoms with Crippen LogP contribution in [0, 0.1) is 12.7 Å². The number of thiazole rings is 1. The van der Waals surface area contributed by atoms with Gasteiger partial charge in [0.2, 0.25) is 0 Å². The second-order valence-corrected chi connectivity index (χ2v) is 4.74. The van der Waals surface area contributed by atoms with Crippen LogP contribution in [0.25, 0.3) is 0 Å². The molecule has 0 fully saturated rings. The van der Waals surface area contributed by atoms with Crippen LogP contribution in [0.1, 0.15) is 21.1 Å². The van der Waals surface area contributed by atoms with Crippen LogP contribution in [0.15, 0.2) is 23.6 Å². The van der Waals surface area contributed by atoms with E-state index >= 15 is 0 Å². The monoisotopic (exact) mass is 265 g/mol. The van der Waals surface area contributed by atoms with Crippen LogP contribution in [0.5, 0.6) is 0 Å². The first-order valence-corrected chi connectivity index (χ1v) is 6.19. The van der Waals surface area contributed by atoms with Crippen molar-refractivity contribution in [3.63, 3.8) is 0 Å². The molecular formula is C12H12FN3OS. The number of carbonyl (C=O) groups is 1. The summed E-state index contributed by atoms with van der Waals surface area (Å²) in [6.07, 6.45) is 0. The summed E-state index contributed by atoms with van der Waals surface area (Å²) in [4.78, 5) is 15.9. The highest BCUT2D eigenvalue weighted by atomic mass is 32.1. The van der Waals surface area contributed by atoms with E-state index in [1.165, 1.54) is 23.5 Å². The molecule has 2 aromatic rings. The molecule has 0 radical (unpaired) electrons. The Bertz CT molecular complexity index is 562. The van der Waals surface area contributed by atoms with Crippen molar-refractivity contribution in [2.24, 2.45) is 5.73 Å². The van der Waals surface area contributed by atoms with Crippen molar-refractivity contribution >= 4 is 22.9 Å². The number of nitrogens with two attached hydrogens (primary N) is 1. The Hall–Kier alpha value is -1.79. The molecule has 2 rings (SSSR count). The molecule has 18 heavy (non-hydrogen) atoms. The summed E-state index contributed by atoms with van der Waals surface area (Å²) in [5.41, 5.74) is 6.87. The summed E-state index contributed by atoms with van der Waals surface area (Å²) in [6.45, 7) is 2.06. The maximum atomic E-state index is 13.2. The molecule has 0 saturated carbocycles. The number of aryl methyl sites for hydroxylation is 1. The van der Waals surface area contributed by atoms with Gasteiger partial charge in [0, 0.05) is 17.6 Å². The largest absolute Gasteiger partial charge is 0.325 e. The molecule has 0 aliphatic heterocycles. The van der Waals surface area contributed by atoms with Gasteiger partial charge in [0.05, 0.1) is 0 Å². The molecular weight excluding hydrogens is 253 g/mol. The summed E-state index contributed by atoms with van der Waals surface area (Å²) in [6, 6.07) is 4.35. The lowest BCUT2D eigenvalue weighted by Crippen LogP contribution is -2.13. The third-order valence-corrected chi connectivity index (χ3v) is 3.13. The first kappa shape index (κ1) is 12.7. The van der Waals surface area contributed by atoms with Crippen LogP contribution in [0.4, 0.5) is 10.1 Å². The van der Waals surface area contributed by atoms with Crippen LogP contribution in [0.2, 0.25) is 0 Å². The van der Waals surface area contributed by atoms with E-state index in [0.29, 0.717) is 22.9 Å². The van der Waals surface area contributed by atoms with Gasteiger partial charge >= 0.3 is 0 Å². The highest BCUT2D eigenvalue weighted by molar-refractivity contribution is 7.09. The second-order valence-electron chi connectivity index (χ2n) is 3.80. The van der Waals surface area contributed by atoms with Crippen molar-refractivity contribution in [1.29, 1.82) is 0 Å². The van der Waals surface area contributed by atoms with Crippen LogP contribution >= 0.6 is 11.3 Å². The first-order valence-electron chi connectivity index (χ1n) is 5.31. The number of hydrogen-bond donors (Lipinski definition) is 2. The molecule has 1 amide bonds. The van der Waals surface area contributed by atoms with Gasteiger partial charge in [-0.2, -0.15) is 0 Å². The maximum absolute atomic E-state index is 13.2. The topological polar surface area (TPSA) is 68.0 Å². The van der Waals surface area contributed by atoms with E-state index in [-0.39, 0.29) is 11.7 Å². The van der Waals surface area contributed by atoms with Crippen molar-refractivity contribution in [2.75, 3.05) is 5.32 Å². The minimum Gasteiger partial charge on any atom is -0.325 e. The summed E-state index contributed by atoms with van der Waals surface area (Å²) in [5.74, 6) is -0.748. The van der Waals surface area contributed by atoms with E-state index in [0.717, 1.165) is 5.56 Å². The normalized spacial score (nSPS) is 10.4. The molecule has 3 N–H and O–H groups in total. The van der Waals surface area contributed by atoms with Gasteiger partial charge in [-0.25, -0.2) is 9.37 Å². The number of aromatic nitrogens is 1. The molecule has 6 heteroatoms. The van der Waals surface area contributed by atoms with E-state index in [2.05, 4.69) is 10.3 Å². The Morgan fingerprint density at radius 1 is 1.50 bits per heavy atom. The average molecular weight is 265 g/mol. The number of hydrogen-bond acceptors (Lipinski definition) is 4. The number of rotatable bonds is 3. The quantitative estimate of drug-likeness (QED) is 0.894. The molecule has 0 bridgehead atoms. The minimum atomic E-state index is -0.383. The fourth-order valence-corrected chi connectivity index (χ4v) is 2.17. The summed E-state index contributed by atoms with van der Waals surface area (Å²) in [5, 5.41) is 4.92. The Balaban J connectivity index is 2.15. The predicted octanol–water partition coefficient (Wildman–Crippen LogP) is 2.30. The van der Waals surface area contributed by atoms with E-state index < -0.39 is 0 Å². The molecule has 1 heterocycles. The average Bonchev–Trinajstić information content (AvgIpc) is 2.75. The SMILES string of the molecule is Cc1cc(F)cc(NC(=O)c2csc(CN)n2)c1. The Morgan fingerprint density at radius 2 is 2.28 bits per heavy atom. The highest BCUT2D eigenvalue weighted by Gasteiger charge is 2.11.